The van der Waals surface area contributed by atoms with Gasteiger partial charge in [0.25, 0.3) is 0 Å². The highest BCUT2D eigenvalue weighted by molar-refractivity contribution is 5.92. The maximum atomic E-state index is 12.1. The lowest BCUT2D eigenvalue weighted by Gasteiger charge is -2.34. The van der Waals surface area contributed by atoms with Crippen molar-refractivity contribution in [3.8, 4) is 0 Å². The summed E-state index contributed by atoms with van der Waals surface area (Å²) in [5, 5.41) is 2.85. The van der Waals surface area contributed by atoms with E-state index in [4.69, 9.17) is 4.74 Å². The summed E-state index contributed by atoms with van der Waals surface area (Å²) in [5.41, 5.74) is 1.84. The Morgan fingerprint density at radius 2 is 2.33 bits per heavy atom. The third-order valence-corrected chi connectivity index (χ3v) is 3.41. The predicted octanol–water partition coefficient (Wildman–Crippen LogP) is 1.74. The number of carbonyl (C=O) groups excluding carboxylic acids is 2. The minimum absolute atomic E-state index is 0.127. The molecule has 1 aromatic carbocycles. The van der Waals surface area contributed by atoms with Gasteiger partial charge in [-0.3, -0.25) is 9.59 Å². The van der Waals surface area contributed by atoms with Crippen LogP contribution >= 0.6 is 0 Å². The zero-order chi connectivity index (χ0) is 15.2. The van der Waals surface area contributed by atoms with Crippen molar-refractivity contribution in [3.05, 3.63) is 42.5 Å². The summed E-state index contributed by atoms with van der Waals surface area (Å²) >= 11 is 0. The number of nitrogens with zero attached hydrogens (tertiary/aromatic N) is 1. The number of morpholine rings is 1. The lowest BCUT2D eigenvalue weighted by Crippen LogP contribution is -2.49. The van der Waals surface area contributed by atoms with Crippen molar-refractivity contribution in [2.75, 3.05) is 25.1 Å². The van der Waals surface area contributed by atoms with E-state index in [9.17, 15) is 9.59 Å². The highest BCUT2D eigenvalue weighted by atomic mass is 16.5. The van der Waals surface area contributed by atoms with Crippen LogP contribution in [0, 0.1) is 6.92 Å². The van der Waals surface area contributed by atoms with E-state index >= 15 is 0 Å². The van der Waals surface area contributed by atoms with Crippen molar-refractivity contribution in [1.29, 1.82) is 0 Å². The predicted molar refractivity (Wildman–Crippen MR) is 80.9 cm³/mol. The molecule has 0 aliphatic carbocycles. The quantitative estimate of drug-likeness (QED) is 0.859. The zero-order valence-corrected chi connectivity index (χ0v) is 12.2. The van der Waals surface area contributed by atoms with Gasteiger partial charge in [0.15, 0.2) is 0 Å². The molecule has 0 spiro atoms. The number of hydrogen-bond donors (Lipinski definition) is 1. The molecule has 21 heavy (non-hydrogen) atoms. The van der Waals surface area contributed by atoms with Crippen molar-refractivity contribution in [3.63, 3.8) is 0 Å². The smallest absolute Gasteiger partial charge is 0.246 e. The molecule has 1 heterocycles. The molecular formula is C16H20N2O3. The first kappa shape index (κ1) is 15.3. The standard InChI is InChI=1S/C16H20N2O3/c1-3-16(20)18-7-8-21-11-14(18)10-15(19)17-13-6-4-5-12(2)9-13/h3-6,9,14H,1,7-8,10-11H2,2H3,(H,17,19). The summed E-state index contributed by atoms with van der Waals surface area (Å²) in [5.74, 6) is -0.287. The van der Waals surface area contributed by atoms with Gasteiger partial charge in [-0.05, 0) is 30.7 Å². The molecule has 0 saturated carbocycles. The average Bonchev–Trinajstić information content (AvgIpc) is 2.47. The molecule has 2 rings (SSSR count). The van der Waals surface area contributed by atoms with Crippen molar-refractivity contribution < 1.29 is 14.3 Å². The van der Waals surface area contributed by atoms with Gasteiger partial charge in [-0.1, -0.05) is 18.7 Å². The molecule has 5 heteroatoms. The second-order valence-electron chi connectivity index (χ2n) is 5.09. The first-order chi connectivity index (χ1) is 10.1. The van der Waals surface area contributed by atoms with Crippen molar-refractivity contribution in [2.24, 2.45) is 0 Å². The van der Waals surface area contributed by atoms with Crippen LogP contribution in [0.1, 0.15) is 12.0 Å². The van der Waals surface area contributed by atoms with E-state index < -0.39 is 0 Å². The van der Waals surface area contributed by atoms with E-state index in [2.05, 4.69) is 11.9 Å². The van der Waals surface area contributed by atoms with Gasteiger partial charge in [0.2, 0.25) is 11.8 Å². The van der Waals surface area contributed by atoms with Gasteiger partial charge < -0.3 is 15.0 Å². The van der Waals surface area contributed by atoms with Crippen molar-refractivity contribution >= 4 is 17.5 Å². The number of carbonyl (C=O) groups is 2. The number of hydrogen-bond acceptors (Lipinski definition) is 3. The normalized spacial score (nSPS) is 18.1. The molecule has 5 nitrogen and oxygen atoms in total. The van der Waals surface area contributed by atoms with Gasteiger partial charge in [0.1, 0.15) is 0 Å². The lowest BCUT2D eigenvalue weighted by atomic mass is 10.1. The molecule has 0 radical (unpaired) electrons. The lowest BCUT2D eigenvalue weighted by molar-refractivity contribution is -0.136. The van der Waals surface area contributed by atoms with Gasteiger partial charge in [-0.25, -0.2) is 0 Å². The van der Waals surface area contributed by atoms with Crippen LogP contribution in [0.4, 0.5) is 5.69 Å². The highest BCUT2D eigenvalue weighted by Gasteiger charge is 2.27. The first-order valence-corrected chi connectivity index (χ1v) is 6.97. The van der Waals surface area contributed by atoms with Gasteiger partial charge in [-0.2, -0.15) is 0 Å². The highest BCUT2D eigenvalue weighted by Crippen LogP contribution is 2.14. The number of ether oxygens (including phenoxy) is 1. The maximum Gasteiger partial charge on any atom is 0.246 e. The van der Waals surface area contributed by atoms with Crippen LogP contribution in [0.15, 0.2) is 36.9 Å². The summed E-state index contributed by atoms with van der Waals surface area (Å²) in [7, 11) is 0. The average molecular weight is 288 g/mol. The van der Waals surface area contributed by atoms with Gasteiger partial charge in [-0.15, -0.1) is 0 Å². The van der Waals surface area contributed by atoms with Crippen LogP contribution in [-0.4, -0.2) is 42.5 Å². The van der Waals surface area contributed by atoms with Gasteiger partial charge in [0.05, 0.1) is 19.3 Å². The fourth-order valence-electron chi connectivity index (χ4n) is 2.38. The molecule has 0 aromatic heterocycles. The molecule has 1 N–H and O–H groups in total. The fraction of sp³-hybridized carbons (Fsp3) is 0.375. The molecule has 2 amide bonds. The van der Waals surface area contributed by atoms with Crippen LogP contribution in [-0.2, 0) is 14.3 Å². The summed E-state index contributed by atoms with van der Waals surface area (Å²) < 4.78 is 5.37. The monoisotopic (exact) mass is 288 g/mol. The Hall–Kier alpha value is -2.14. The summed E-state index contributed by atoms with van der Waals surface area (Å²) in [4.78, 5) is 25.5. The third kappa shape index (κ3) is 4.16. The van der Waals surface area contributed by atoms with E-state index in [0.717, 1.165) is 11.3 Å². The van der Waals surface area contributed by atoms with Crippen LogP contribution in [0.2, 0.25) is 0 Å². The molecule has 1 aliphatic rings. The van der Waals surface area contributed by atoms with Gasteiger partial charge in [0, 0.05) is 18.7 Å². The van der Waals surface area contributed by atoms with Crippen LogP contribution in [0.5, 0.6) is 0 Å². The van der Waals surface area contributed by atoms with E-state index in [1.807, 2.05) is 31.2 Å². The van der Waals surface area contributed by atoms with E-state index in [-0.39, 0.29) is 24.3 Å². The number of amides is 2. The molecule has 112 valence electrons. The Balaban J connectivity index is 1.97. The second kappa shape index (κ2) is 7.04. The molecule has 1 atom stereocenters. The molecule has 1 aliphatic heterocycles. The Morgan fingerprint density at radius 3 is 3.05 bits per heavy atom. The summed E-state index contributed by atoms with van der Waals surface area (Å²) in [6.45, 7) is 6.83. The van der Waals surface area contributed by atoms with E-state index in [1.165, 1.54) is 6.08 Å². The fourth-order valence-corrected chi connectivity index (χ4v) is 2.38. The summed E-state index contributed by atoms with van der Waals surface area (Å²) in [6.07, 6.45) is 1.49. The molecule has 1 saturated heterocycles. The van der Waals surface area contributed by atoms with E-state index in [1.54, 1.807) is 4.90 Å². The Bertz CT molecular complexity index is 542. The number of rotatable bonds is 4. The van der Waals surface area contributed by atoms with Crippen molar-refractivity contribution in [1.82, 2.24) is 4.90 Å². The number of benzene rings is 1. The minimum Gasteiger partial charge on any atom is -0.377 e. The Morgan fingerprint density at radius 1 is 1.52 bits per heavy atom. The Labute approximate surface area is 124 Å². The number of nitrogens with one attached hydrogen (secondary N) is 1. The first-order valence-electron chi connectivity index (χ1n) is 6.97. The van der Waals surface area contributed by atoms with Crippen LogP contribution in [0.25, 0.3) is 0 Å². The maximum absolute atomic E-state index is 12.1. The van der Waals surface area contributed by atoms with Gasteiger partial charge >= 0.3 is 0 Å². The molecule has 1 aromatic rings. The van der Waals surface area contributed by atoms with Crippen molar-refractivity contribution in [2.45, 2.75) is 19.4 Å². The number of anilines is 1. The largest absolute Gasteiger partial charge is 0.377 e. The molecular weight excluding hydrogens is 268 g/mol. The topological polar surface area (TPSA) is 58.6 Å². The van der Waals surface area contributed by atoms with Crippen LogP contribution in [0.3, 0.4) is 0 Å². The minimum atomic E-state index is -0.242. The zero-order valence-electron chi connectivity index (χ0n) is 12.2. The second-order valence-corrected chi connectivity index (χ2v) is 5.09. The molecule has 0 bridgehead atoms. The number of aryl methyl sites for hydroxylation is 1. The molecule has 1 unspecified atom stereocenters. The molecule has 1 fully saturated rings. The SMILES string of the molecule is C=CC(=O)N1CCOCC1CC(=O)Nc1cccc(C)c1. The van der Waals surface area contributed by atoms with E-state index in [0.29, 0.717) is 19.8 Å². The summed E-state index contributed by atoms with van der Waals surface area (Å²) in [6, 6.07) is 7.36. The third-order valence-electron chi connectivity index (χ3n) is 3.41. The van der Waals surface area contributed by atoms with Crippen LogP contribution < -0.4 is 5.32 Å². The Kier molecular flexibility index (Phi) is 5.11.